The van der Waals surface area contributed by atoms with Crippen molar-refractivity contribution in [3.8, 4) is 0 Å². The normalized spacial score (nSPS) is 12.1. The Bertz CT molecular complexity index is 431. The van der Waals surface area contributed by atoms with Crippen molar-refractivity contribution in [2.24, 2.45) is 0 Å². The Balaban J connectivity index is 2.59. The first kappa shape index (κ1) is 14.4. The third-order valence-corrected chi connectivity index (χ3v) is 2.27. The average molecular weight is 271 g/mol. The lowest BCUT2D eigenvalue weighted by atomic mass is 10.3. The minimum atomic E-state index is -0.851. The van der Waals surface area contributed by atoms with Crippen molar-refractivity contribution < 1.29 is 14.3 Å². The summed E-state index contributed by atoms with van der Waals surface area (Å²) in [5.41, 5.74) is 0.253. The van der Waals surface area contributed by atoms with Crippen LogP contribution < -0.4 is 5.32 Å². The van der Waals surface area contributed by atoms with E-state index in [1.54, 1.807) is 0 Å². The number of pyridine rings is 1. The molecule has 0 bridgehead atoms. The molecule has 1 rings (SSSR count). The van der Waals surface area contributed by atoms with Gasteiger partial charge in [-0.2, -0.15) is 0 Å². The second-order valence-corrected chi connectivity index (χ2v) is 4.47. The van der Waals surface area contributed by atoms with E-state index in [1.165, 1.54) is 25.3 Å². The highest BCUT2D eigenvalue weighted by molar-refractivity contribution is 6.29. The Kier molecular flexibility index (Phi) is 5.09. The smallest absolute Gasteiger partial charge is 0.340 e. The van der Waals surface area contributed by atoms with Gasteiger partial charge >= 0.3 is 5.97 Å². The van der Waals surface area contributed by atoms with E-state index in [0.717, 1.165) is 0 Å². The fraction of sp³-hybridized carbons (Fsp3) is 0.417. The molecule has 0 spiro atoms. The number of nitrogens with zero attached hydrogens (tertiary/aromatic N) is 1. The molecule has 0 aliphatic rings. The summed E-state index contributed by atoms with van der Waals surface area (Å²) < 4.78 is 5.00. The quantitative estimate of drug-likeness (QED) is 0.669. The zero-order valence-electron chi connectivity index (χ0n) is 10.4. The molecule has 5 nitrogen and oxygen atoms in total. The van der Waals surface area contributed by atoms with Crippen LogP contribution in [0.1, 0.15) is 31.1 Å². The first-order valence-corrected chi connectivity index (χ1v) is 5.91. The molecule has 18 heavy (non-hydrogen) atoms. The minimum absolute atomic E-state index is 0.00384. The van der Waals surface area contributed by atoms with Crippen LogP contribution in [-0.2, 0) is 9.53 Å². The van der Waals surface area contributed by atoms with Crippen LogP contribution in [0.25, 0.3) is 0 Å². The number of hydrogen-bond acceptors (Lipinski definition) is 4. The van der Waals surface area contributed by atoms with Gasteiger partial charge in [0, 0.05) is 12.2 Å². The van der Waals surface area contributed by atoms with Gasteiger partial charge in [-0.15, -0.1) is 0 Å². The van der Waals surface area contributed by atoms with E-state index in [-0.39, 0.29) is 22.7 Å². The predicted molar refractivity (Wildman–Crippen MR) is 67.4 cm³/mol. The van der Waals surface area contributed by atoms with Crippen molar-refractivity contribution in [3.63, 3.8) is 0 Å². The highest BCUT2D eigenvalue weighted by atomic mass is 35.5. The molecule has 98 valence electrons. The third-order valence-electron chi connectivity index (χ3n) is 2.05. The van der Waals surface area contributed by atoms with Crippen LogP contribution in [0.5, 0.6) is 0 Å². The number of esters is 1. The highest BCUT2D eigenvalue weighted by Gasteiger charge is 2.19. The van der Waals surface area contributed by atoms with E-state index in [2.05, 4.69) is 10.3 Å². The molecule has 1 amide bonds. The van der Waals surface area contributed by atoms with Gasteiger partial charge in [0.2, 0.25) is 0 Å². The van der Waals surface area contributed by atoms with Crippen LogP contribution in [0.4, 0.5) is 0 Å². The van der Waals surface area contributed by atoms with Crippen LogP contribution in [-0.4, -0.2) is 29.0 Å². The molecule has 0 saturated carbocycles. The van der Waals surface area contributed by atoms with Gasteiger partial charge in [0.25, 0.3) is 5.91 Å². The molecule has 0 aromatic carbocycles. The molecule has 1 aromatic heterocycles. The number of halogens is 1. The Morgan fingerprint density at radius 2 is 2.00 bits per heavy atom. The van der Waals surface area contributed by atoms with Crippen molar-refractivity contribution in [2.75, 3.05) is 0 Å². The lowest BCUT2D eigenvalue weighted by Crippen LogP contribution is -2.39. The summed E-state index contributed by atoms with van der Waals surface area (Å²) in [5, 5.41) is 2.94. The van der Waals surface area contributed by atoms with Gasteiger partial charge < -0.3 is 10.1 Å². The van der Waals surface area contributed by atoms with Crippen molar-refractivity contribution in [3.05, 3.63) is 29.0 Å². The van der Waals surface area contributed by atoms with Crippen molar-refractivity contribution in [2.45, 2.75) is 32.9 Å². The molecular formula is C12H15ClN2O3. The fourth-order valence-corrected chi connectivity index (χ4v) is 1.29. The van der Waals surface area contributed by atoms with Gasteiger partial charge in [-0.05, 0) is 32.9 Å². The monoisotopic (exact) mass is 270 g/mol. The molecular weight excluding hydrogens is 256 g/mol. The lowest BCUT2D eigenvalue weighted by molar-refractivity contribution is -0.129. The first-order valence-electron chi connectivity index (χ1n) is 5.53. The highest BCUT2D eigenvalue weighted by Crippen LogP contribution is 2.07. The first-order chi connectivity index (χ1) is 8.40. The standard InChI is InChI=1S/C12H15ClN2O3/c1-7(2)15-11(16)8(3)18-12(17)9-4-5-10(13)14-6-9/h4-8H,1-3H3,(H,15,16). The lowest BCUT2D eigenvalue weighted by Gasteiger charge is -2.15. The van der Waals surface area contributed by atoms with Crippen molar-refractivity contribution >= 4 is 23.5 Å². The Labute approximate surface area is 110 Å². The molecule has 1 N–H and O–H groups in total. The predicted octanol–water partition coefficient (Wildman–Crippen LogP) is 1.80. The topological polar surface area (TPSA) is 68.3 Å². The summed E-state index contributed by atoms with van der Waals surface area (Å²) in [4.78, 5) is 27.0. The van der Waals surface area contributed by atoms with Crippen LogP contribution in [0.3, 0.4) is 0 Å². The molecule has 1 atom stereocenters. The van der Waals surface area contributed by atoms with Crippen LogP contribution in [0, 0.1) is 0 Å². The summed E-state index contributed by atoms with van der Waals surface area (Å²) in [6.45, 7) is 5.17. The summed E-state index contributed by atoms with van der Waals surface area (Å²) in [7, 11) is 0. The van der Waals surface area contributed by atoms with Crippen LogP contribution in [0.15, 0.2) is 18.3 Å². The number of aromatic nitrogens is 1. The molecule has 6 heteroatoms. The largest absolute Gasteiger partial charge is 0.449 e. The molecule has 0 saturated heterocycles. The van der Waals surface area contributed by atoms with Crippen LogP contribution in [0.2, 0.25) is 5.15 Å². The van der Waals surface area contributed by atoms with E-state index in [9.17, 15) is 9.59 Å². The average Bonchev–Trinajstić information content (AvgIpc) is 2.28. The van der Waals surface area contributed by atoms with E-state index >= 15 is 0 Å². The summed E-state index contributed by atoms with van der Waals surface area (Å²) in [6, 6.07) is 2.97. The third kappa shape index (κ3) is 4.33. The number of nitrogens with one attached hydrogen (secondary N) is 1. The molecule has 1 unspecified atom stereocenters. The number of rotatable bonds is 4. The second-order valence-electron chi connectivity index (χ2n) is 4.08. The molecule has 1 aromatic rings. The van der Waals surface area contributed by atoms with Gasteiger partial charge in [-0.3, -0.25) is 4.79 Å². The molecule has 0 fully saturated rings. The van der Waals surface area contributed by atoms with Crippen molar-refractivity contribution in [1.82, 2.24) is 10.3 Å². The van der Waals surface area contributed by atoms with Crippen LogP contribution >= 0.6 is 11.6 Å². The van der Waals surface area contributed by atoms with E-state index in [4.69, 9.17) is 16.3 Å². The fourth-order valence-electron chi connectivity index (χ4n) is 1.18. The van der Waals surface area contributed by atoms with E-state index < -0.39 is 12.1 Å². The minimum Gasteiger partial charge on any atom is -0.449 e. The summed E-state index contributed by atoms with van der Waals surface area (Å²) in [5.74, 6) is -0.939. The number of amides is 1. The zero-order chi connectivity index (χ0) is 13.7. The summed E-state index contributed by atoms with van der Waals surface area (Å²) in [6.07, 6.45) is 0.452. The number of hydrogen-bond donors (Lipinski definition) is 1. The van der Waals surface area contributed by atoms with Gasteiger partial charge in [0.15, 0.2) is 6.10 Å². The van der Waals surface area contributed by atoms with E-state index in [1.807, 2.05) is 13.8 Å². The second kappa shape index (κ2) is 6.35. The molecule has 0 aliphatic heterocycles. The maximum absolute atomic E-state index is 11.7. The number of carbonyl (C=O) groups is 2. The maximum atomic E-state index is 11.7. The number of ether oxygens (including phenoxy) is 1. The zero-order valence-corrected chi connectivity index (χ0v) is 11.2. The van der Waals surface area contributed by atoms with Gasteiger partial charge in [-0.25, -0.2) is 9.78 Å². The van der Waals surface area contributed by atoms with Gasteiger partial charge in [0.05, 0.1) is 5.56 Å². The van der Waals surface area contributed by atoms with Gasteiger partial charge in [-0.1, -0.05) is 11.6 Å². The van der Waals surface area contributed by atoms with E-state index in [0.29, 0.717) is 0 Å². The van der Waals surface area contributed by atoms with Crippen molar-refractivity contribution in [1.29, 1.82) is 0 Å². The van der Waals surface area contributed by atoms with Gasteiger partial charge in [0.1, 0.15) is 5.15 Å². The number of carbonyl (C=O) groups excluding carboxylic acids is 2. The maximum Gasteiger partial charge on any atom is 0.340 e. The Morgan fingerprint density at radius 1 is 1.33 bits per heavy atom. The molecule has 0 aliphatic carbocycles. The Hall–Kier alpha value is -1.62. The Morgan fingerprint density at radius 3 is 2.50 bits per heavy atom. The molecule has 0 radical (unpaired) electrons. The summed E-state index contributed by atoms with van der Waals surface area (Å²) >= 11 is 5.60. The molecule has 1 heterocycles. The SMILES string of the molecule is CC(C)NC(=O)C(C)OC(=O)c1ccc(Cl)nc1.